The van der Waals surface area contributed by atoms with Gasteiger partial charge in [0.25, 0.3) is 0 Å². The molecule has 1 fully saturated rings. The average molecular weight is 344 g/mol. The Morgan fingerprint density at radius 2 is 2.39 bits per heavy atom. The second-order valence-electron chi connectivity index (χ2n) is 3.38. The van der Waals surface area contributed by atoms with Crippen molar-refractivity contribution in [3.8, 4) is 0 Å². The quantitative estimate of drug-likeness (QED) is 0.521. The van der Waals surface area contributed by atoms with Gasteiger partial charge >= 0.3 is 0 Å². The summed E-state index contributed by atoms with van der Waals surface area (Å²) in [5.74, 6) is 0.392. The van der Waals surface area contributed by atoms with Crippen molar-refractivity contribution >= 4 is 56.7 Å². The Labute approximate surface area is 122 Å². The standard InChI is InChI=1S/C11H10BrN3OS2/c1-17-9-3-2-7(4-8(9)12)5-13-15-11-14-10(16)6-18-11/h2-5H,6H2,1H3,(H,14,15,16). The zero-order valence-corrected chi connectivity index (χ0v) is 12.7. The molecule has 1 saturated heterocycles. The molecular weight excluding hydrogens is 334 g/mol. The number of amides is 1. The molecule has 4 nitrogen and oxygen atoms in total. The third-order valence-corrected chi connectivity index (χ3v) is 4.70. The van der Waals surface area contributed by atoms with E-state index in [-0.39, 0.29) is 5.91 Å². The first-order chi connectivity index (χ1) is 8.69. The van der Waals surface area contributed by atoms with E-state index in [1.165, 1.54) is 16.7 Å². The van der Waals surface area contributed by atoms with Crippen LogP contribution in [0.1, 0.15) is 5.56 Å². The van der Waals surface area contributed by atoms with E-state index >= 15 is 0 Å². The maximum atomic E-state index is 10.9. The largest absolute Gasteiger partial charge is 0.303 e. The van der Waals surface area contributed by atoms with Crippen LogP contribution in [0.3, 0.4) is 0 Å². The maximum absolute atomic E-state index is 10.9. The number of carbonyl (C=O) groups excluding carboxylic acids is 1. The summed E-state index contributed by atoms with van der Waals surface area (Å²) in [6.07, 6.45) is 3.69. The fourth-order valence-corrected chi connectivity index (χ4v) is 3.26. The Hall–Kier alpha value is -0.790. The van der Waals surface area contributed by atoms with Gasteiger partial charge in [-0.15, -0.1) is 16.9 Å². The van der Waals surface area contributed by atoms with Crippen LogP contribution in [0.4, 0.5) is 0 Å². The number of halogens is 1. The second kappa shape index (κ2) is 6.40. The summed E-state index contributed by atoms with van der Waals surface area (Å²) in [7, 11) is 0. The molecule has 0 radical (unpaired) electrons. The molecule has 0 bridgehead atoms. The monoisotopic (exact) mass is 343 g/mol. The Kier molecular flexibility index (Phi) is 4.85. The highest BCUT2D eigenvalue weighted by Gasteiger charge is 2.15. The summed E-state index contributed by atoms with van der Waals surface area (Å²) in [5.41, 5.74) is 0.957. The van der Waals surface area contributed by atoms with Crippen molar-refractivity contribution in [1.29, 1.82) is 0 Å². The third kappa shape index (κ3) is 3.60. The topological polar surface area (TPSA) is 53.8 Å². The number of amidine groups is 1. The van der Waals surface area contributed by atoms with Gasteiger partial charge in [-0.25, -0.2) is 0 Å². The lowest BCUT2D eigenvalue weighted by molar-refractivity contribution is -0.116. The predicted molar refractivity (Wildman–Crippen MR) is 81.6 cm³/mol. The molecule has 1 aliphatic heterocycles. The van der Waals surface area contributed by atoms with Gasteiger partial charge in [-0.3, -0.25) is 4.79 Å². The van der Waals surface area contributed by atoms with Crippen LogP contribution in [0.2, 0.25) is 0 Å². The van der Waals surface area contributed by atoms with E-state index in [1.807, 2.05) is 24.5 Å². The Morgan fingerprint density at radius 1 is 1.56 bits per heavy atom. The highest BCUT2D eigenvalue weighted by molar-refractivity contribution is 9.10. The molecule has 0 aromatic heterocycles. The van der Waals surface area contributed by atoms with Gasteiger partial charge in [-0.2, -0.15) is 5.10 Å². The minimum Gasteiger partial charge on any atom is -0.303 e. The molecular formula is C11H10BrN3OS2. The first-order valence-corrected chi connectivity index (χ1v) is 8.06. The lowest BCUT2D eigenvalue weighted by Crippen LogP contribution is -2.19. The molecule has 94 valence electrons. The van der Waals surface area contributed by atoms with Gasteiger partial charge in [-0.05, 0) is 39.9 Å². The average Bonchev–Trinajstić information content (AvgIpc) is 2.75. The number of nitrogens with one attached hydrogen (secondary N) is 1. The molecule has 1 aromatic carbocycles. The van der Waals surface area contributed by atoms with Crippen molar-refractivity contribution in [2.24, 2.45) is 10.2 Å². The molecule has 1 aromatic rings. The fourth-order valence-electron chi connectivity index (χ4n) is 1.29. The zero-order chi connectivity index (χ0) is 13.0. The maximum Gasteiger partial charge on any atom is 0.236 e. The van der Waals surface area contributed by atoms with Crippen LogP contribution in [0.25, 0.3) is 0 Å². The highest BCUT2D eigenvalue weighted by Crippen LogP contribution is 2.25. The van der Waals surface area contributed by atoms with Crippen LogP contribution < -0.4 is 5.32 Å². The minimum absolute atomic E-state index is 0.0268. The van der Waals surface area contributed by atoms with Gasteiger partial charge < -0.3 is 5.32 Å². The minimum atomic E-state index is -0.0268. The smallest absolute Gasteiger partial charge is 0.236 e. The summed E-state index contributed by atoms with van der Waals surface area (Å²) in [6, 6.07) is 5.98. The van der Waals surface area contributed by atoms with E-state index in [0.717, 1.165) is 10.0 Å². The summed E-state index contributed by atoms with van der Waals surface area (Å²) >= 11 is 6.53. The van der Waals surface area contributed by atoms with Gasteiger partial charge in [-0.1, -0.05) is 17.8 Å². The molecule has 0 atom stereocenters. The molecule has 2 rings (SSSR count). The van der Waals surface area contributed by atoms with Crippen molar-refractivity contribution in [3.05, 3.63) is 28.2 Å². The number of hydrogen-bond acceptors (Lipinski definition) is 5. The lowest BCUT2D eigenvalue weighted by Gasteiger charge is -2.00. The van der Waals surface area contributed by atoms with Crippen LogP contribution in [-0.2, 0) is 4.79 Å². The van der Waals surface area contributed by atoms with Crippen molar-refractivity contribution in [2.75, 3.05) is 12.0 Å². The van der Waals surface area contributed by atoms with Crippen molar-refractivity contribution in [3.63, 3.8) is 0 Å². The lowest BCUT2D eigenvalue weighted by atomic mass is 10.2. The van der Waals surface area contributed by atoms with E-state index in [4.69, 9.17) is 0 Å². The molecule has 0 aliphatic carbocycles. The molecule has 1 aliphatic rings. The summed E-state index contributed by atoms with van der Waals surface area (Å²) in [5, 5.41) is 11.1. The van der Waals surface area contributed by atoms with Gasteiger partial charge in [0.05, 0.1) is 12.0 Å². The van der Waals surface area contributed by atoms with E-state index < -0.39 is 0 Å². The number of hydrogen-bond donors (Lipinski definition) is 1. The SMILES string of the molecule is CSc1ccc(C=NN=C2NC(=O)CS2)cc1Br. The first kappa shape index (κ1) is 13.6. The van der Waals surface area contributed by atoms with Gasteiger partial charge in [0.2, 0.25) is 5.91 Å². The van der Waals surface area contributed by atoms with E-state index in [2.05, 4.69) is 31.4 Å². The summed E-state index contributed by atoms with van der Waals surface area (Å²) < 4.78 is 1.04. The van der Waals surface area contributed by atoms with Crippen molar-refractivity contribution in [2.45, 2.75) is 4.90 Å². The highest BCUT2D eigenvalue weighted by atomic mass is 79.9. The molecule has 0 saturated carbocycles. The molecule has 0 unspecified atom stereocenters. The number of benzene rings is 1. The summed E-state index contributed by atoms with van der Waals surface area (Å²) in [6.45, 7) is 0. The molecule has 7 heteroatoms. The van der Waals surface area contributed by atoms with Crippen molar-refractivity contribution < 1.29 is 4.79 Å². The van der Waals surface area contributed by atoms with E-state index in [0.29, 0.717) is 10.9 Å². The Bertz CT molecular complexity index is 531. The van der Waals surface area contributed by atoms with Gasteiger partial charge in [0, 0.05) is 9.37 Å². The number of nitrogens with zero attached hydrogens (tertiary/aromatic N) is 2. The second-order valence-corrected chi connectivity index (χ2v) is 6.05. The predicted octanol–water partition coefficient (Wildman–Crippen LogP) is 2.72. The Morgan fingerprint density at radius 3 is 3.00 bits per heavy atom. The number of thioether (sulfide) groups is 2. The molecule has 0 spiro atoms. The molecule has 18 heavy (non-hydrogen) atoms. The number of rotatable bonds is 3. The van der Waals surface area contributed by atoms with Crippen LogP contribution in [-0.4, -0.2) is 29.3 Å². The van der Waals surface area contributed by atoms with E-state index in [9.17, 15) is 4.79 Å². The van der Waals surface area contributed by atoms with E-state index in [1.54, 1.807) is 18.0 Å². The van der Waals surface area contributed by atoms with Gasteiger partial charge in [0.1, 0.15) is 0 Å². The van der Waals surface area contributed by atoms with Crippen LogP contribution in [0, 0.1) is 0 Å². The fraction of sp³-hybridized carbons (Fsp3) is 0.182. The van der Waals surface area contributed by atoms with Crippen LogP contribution >= 0.6 is 39.5 Å². The Balaban J connectivity index is 2.05. The van der Waals surface area contributed by atoms with Crippen LogP contribution in [0.15, 0.2) is 37.8 Å². The molecule has 1 amide bonds. The number of carbonyl (C=O) groups is 1. The van der Waals surface area contributed by atoms with Crippen molar-refractivity contribution in [1.82, 2.24) is 5.32 Å². The first-order valence-electron chi connectivity index (χ1n) is 5.06. The molecule has 1 N–H and O–H groups in total. The zero-order valence-electron chi connectivity index (χ0n) is 9.51. The third-order valence-electron chi connectivity index (χ3n) is 2.12. The van der Waals surface area contributed by atoms with Crippen LogP contribution in [0.5, 0.6) is 0 Å². The normalized spacial score (nSPS) is 17.7. The summed E-state index contributed by atoms with van der Waals surface area (Å²) in [4.78, 5) is 12.1. The molecule has 1 heterocycles. The van der Waals surface area contributed by atoms with Gasteiger partial charge in [0.15, 0.2) is 5.17 Å².